The van der Waals surface area contributed by atoms with Gasteiger partial charge in [-0.25, -0.2) is 28.0 Å². The van der Waals surface area contributed by atoms with Gasteiger partial charge >= 0.3 is 12.1 Å². The maximum absolute atomic E-state index is 14.2. The largest absolute Gasteiger partial charge is 0.464 e. The normalized spacial score (nSPS) is 13.1. The number of benzene rings is 4. The van der Waals surface area contributed by atoms with Gasteiger partial charge in [0, 0.05) is 36.8 Å². The number of aryl methyl sites for hydroxylation is 1. The molecule has 1 aliphatic carbocycles. The molecular weight excluding hydrogens is 621 g/mol. The summed E-state index contributed by atoms with van der Waals surface area (Å²) in [6, 6.07) is 24.6. The number of nitrogens with zero attached hydrogens (tertiary/aromatic N) is 3. The molecule has 0 saturated heterocycles. The zero-order chi connectivity index (χ0) is 33.6. The maximum Gasteiger partial charge on any atom is 0.421 e. The van der Waals surface area contributed by atoms with Crippen molar-refractivity contribution in [1.82, 2.24) is 14.6 Å². The molecule has 12 heteroatoms. The van der Waals surface area contributed by atoms with Crippen LogP contribution in [0.25, 0.3) is 22.0 Å². The van der Waals surface area contributed by atoms with Crippen LogP contribution in [-0.2, 0) is 17.9 Å². The number of fused-ring (bicyclic) bond motifs is 4. The Bertz CT molecular complexity index is 1960. The molecular formula is C35H28F5N3O4. The number of ether oxygens (including phenoxy) is 1. The minimum atomic E-state index is -2.36. The summed E-state index contributed by atoms with van der Waals surface area (Å²) in [6.07, 6.45) is -1.69. The van der Waals surface area contributed by atoms with Crippen molar-refractivity contribution < 1.29 is 41.4 Å². The molecule has 1 unspecified atom stereocenters. The van der Waals surface area contributed by atoms with Gasteiger partial charge in [-0.1, -0.05) is 66.7 Å². The summed E-state index contributed by atoms with van der Waals surface area (Å²) in [7, 11) is 1.44. The molecule has 0 saturated carbocycles. The minimum Gasteiger partial charge on any atom is -0.464 e. The van der Waals surface area contributed by atoms with Gasteiger partial charge in [-0.05, 0) is 46.7 Å². The lowest BCUT2D eigenvalue weighted by molar-refractivity contribution is -0.135. The van der Waals surface area contributed by atoms with Gasteiger partial charge in [-0.15, -0.1) is 0 Å². The van der Waals surface area contributed by atoms with Gasteiger partial charge in [-0.3, -0.25) is 4.79 Å². The number of amides is 1. The van der Waals surface area contributed by atoms with Crippen molar-refractivity contribution in [2.45, 2.75) is 38.4 Å². The van der Waals surface area contributed by atoms with Crippen LogP contribution in [0.3, 0.4) is 0 Å². The van der Waals surface area contributed by atoms with E-state index in [1.54, 1.807) is 21.7 Å². The van der Waals surface area contributed by atoms with E-state index < -0.39 is 53.3 Å². The van der Waals surface area contributed by atoms with Crippen LogP contribution in [0.5, 0.6) is 5.75 Å². The van der Waals surface area contributed by atoms with Crippen LogP contribution >= 0.6 is 0 Å². The van der Waals surface area contributed by atoms with Crippen molar-refractivity contribution in [2.75, 3.05) is 7.05 Å². The number of hydrogen-bond donors (Lipinski definition) is 1. The summed E-state index contributed by atoms with van der Waals surface area (Å²) in [4.78, 5) is 25.1. The summed E-state index contributed by atoms with van der Waals surface area (Å²) in [5.41, 5.74) is 5.53. The van der Waals surface area contributed by atoms with E-state index in [2.05, 4.69) is 4.74 Å². The molecule has 1 N–H and O–H groups in total. The van der Waals surface area contributed by atoms with E-state index in [1.165, 1.54) is 7.05 Å². The summed E-state index contributed by atoms with van der Waals surface area (Å²) in [5.74, 6) is -14.4. The van der Waals surface area contributed by atoms with Crippen LogP contribution in [0.4, 0.5) is 26.7 Å². The molecule has 0 fully saturated rings. The number of aromatic nitrogens is 1. The first kappa shape index (κ1) is 31.7. The van der Waals surface area contributed by atoms with Crippen LogP contribution in [0, 0.1) is 29.1 Å². The van der Waals surface area contributed by atoms with Crippen LogP contribution < -0.4 is 4.74 Å². The quantitative estimate of drug-likeness (QED) is 0.0440. The first-order chi connectivity index (χ1) is 22.5. The van der Waals surface area contributed by atoms with E-state index in [-0.39, 0.29) is 25.0 Å². The predicted octanol–water partition coefficient (Wildman–Crippen LogP) is 7.86. The molecule has 1 aliphatic rings. The Morgan fingerprint density at radius 2 is 1.36 bits per heavy atom. The Hall–Kier alpha value is -5.23. The summed E-state index contributed by atoms with van der Waals surface area (Å²) in [5, 5.41) is 13.7. The third kappa shape index (κ3) is 5.58. The summed E-state index contributed by atoms with van der Waals surface area (Å²) < 4.78 is 75.5. The Labute approximate surface area is 266 Å². The number of hydrazine groups is 1. The molecule has 0 spiro atoms. The van der Waals surface area contributed by atoms with E-state index >= 15 is 0 Å². The molecule has 1 aromatic heterocycles. The Morgan fingerprint density at radius 1 is 0.830 bits per heavy atom. The first-order valence-electron chi connectivity index (χ1n) is 14.7. The molecule has 1 amide bonds. The molecule has 6 rings (SSSR count). The first-order valence-corrected chi connectivity index (χ1v) is 14.7. The van der Waals surface area contributed by atoms with Crippen LogP contribution in [0.2, 0.25) is 0 Å². The Balaban J connectivity index is 1.32. The van der Waals surface area contributed by atoms with E-state index in [4.69, 9.17) is 0 Å². The zero-order valence-electron chi connectivity index (χ0n) is 25.2. The molecule has 1 heterocycles. The lowest BCUT2D eigenvalue weighted by Crippen LogP contribution is -2.49. The molecule has 1 atom stereocenters. The zero-order valence-corrected chi connectivity index (χ0v) is 25.2. The third-order valence-corrected chi connectivity index (χ3v) is 8.64. The second-order valence-electron chi connectivity index (χ2n) is 11.3. The van der Waals surface area contributed by atoms with E-state index in [1.807, 2.05) is 73.7 Å². The fraction of sp³-hybridized carbons (Fsp3) is 0.200. The van der Waals surface area contributed by atoms with Gasteiger partial charge < -0.3 is 14.4 Å². The number of hydrogen-bond acceptors (Lipinski definition) is 4. The summed E-state index contributed by atoms with van der Waals surface area (Å²) in [6.45, 7) is 1.91. The van der Waals surface area contributed by atoms with Crippen molar-refractivity contribution in [2.24, 2.45) is 0 Å². The van der Waals surface area contributed by atoms with Gasteiger partial charge in [0.1, 0.15) is 0 Å². The van der Waals surface area contributed by atoms with Crippen LogP contribution in [-0.4, -0.2) is 44.8 Å². The highest BCUT2D eigenvalue weighted by Crippen LogP contribution is 2.47. The smallest absolute Gasteiger partial charge is 0.421 e. The number of halogens is 5. The standard InChI is InChI=1S/C35H28F5N3O4/c1-19(28-24-12-6-4-10-22(24)23-11-5-7-13-25(23)28)43(41(2)35(45)46)18-21-17-20-9-3-8-14-26(20)42(21)16-15-27(44)47-34-32(39)30(37)29(36)31(38)33(34)40/h3-14,17,19,28H,15-16,18H2,1-2H3,(H,45,46). The van der Waals surface area contributed by atoms with Crippen molar-refractivity contribution in [1.29, 1.82) is 0 Å². The van der Waals surface area contributed by atoms with E-state index in [0.717, 1.165) is 32.6 Å². The average molecular weight is 650 g/mol. The van der Waals surface area contributed by atoms with E-state index in [0.29, 0.717) is 11.2 Å². The molecule has 5 aromatic rings. The van der Waals surface area contributed by atoms with Gasteiger partial charge in [0.15, 0.2) is 0 Å². The van der Waals surface area contributed by atoms with Gasteiger partial charge in [0.2, 0.25) is 34.8 Å². The highest BCUT2D eigenvalue weighted by atomic mass is 19.2. The average Bonchev–Trinajstić information content (AvgIpc) is 3.60. The maximum atomic E-state index is 14.2. The van der Waals surface area contributed by atoms with E-state index in [9.17, 15) is 36.6 Å². The van der Waals surface area contributed by atoms with Gasteiger partial charge in [-0.2, -0.15) is 8.78 Å². The summed E-state index contributed by atoms with van der Waals surface area (Å²) >= 11 is 0. The highest BCUT2D eigenvalue weighted by Gasteiger charge is 2.37. The topological polar surface area (TPSA) is 75.0 Å². The van der Waals surface area contributed by atoms with Crippen molar-refractivity contribution in [3.05, 3.63) is 125 Å². The molecule has 4 aromatic carbocycles. The number of esters is 1. The Kier molecular flexibility index (Phi) is 8.45. The monoisotopic (exact) mass is 649 g/mol. The second-order valence-corrected chi connectivity index (χ2v) is 11.3. The minimum absolute atomic E-state index is 0.0756. The number of carboxylic acid groups (broad SMARTS) is 1. The molecule has 0 aliphatic heterocycles. The SMILES string of the molecule is CC(C1c2ccccc2-c2ccccc21)N(Cc1cc2ccccc2n1CCC(=O)Oc1c(F)c(F)c(F)c(F)c1F)N(C)C(=O)O. The Morgan fingerprint density at radius 3 is 1.96 bits per heavy atom. The third-order valence-electron chi connectivity index (χ3n) is 8.64. The van der Waals surface area contributed by atoms with Crippen LogP contribution in [0.15, 0.2) is 78.9 Å². The highest BCUT2D eigenvalue weighted by molar-refractivity contribution is 5.82. The molecule has 47 heavy (non-hydrogen) atoms. The lowest BCUT2D eigenvalue weighted by Gasteiger charge is -2.38. The van der Waals surface area contributed by atoms with Gasteiger partial charge in [0.05, 0.1) is 13.0 Å². The number of para-hydroxylation sites is 1. The molecule has 0 radical (unpaired) electrons. The predicted molar refractivity (Wildman–Crippen MR) is 163 cm³/mol. The van der Waals surface area contributed by atoms with Gasteiger partial charge in [0.25, 0.3) is 0 Å². The second kappa shape index (κ2) is 12.5. The fourth-order valence-corrected chi connectivity index (χ4v) is 6.39. The molecule has 242 valence electrons. The molecule has 7 nitrogen and oxygen atoms in total. The van der Waals surface area contributed by atoms with Crippen LogP contribution in [0.1, 0.15) is 36.1 Å². The van der Waals surface area contributed by atoms with Crippen molar-refractivity contribution in [3.8, 4) is 16.9 Å². The lowest BCUT2D eigenvalue weighted by atomic mass is 9.90. The number of carbonyl (C=O) groups is 2. The van der Waals surface area contributed by atoms with Crippen molar-refractivity contribution in [3.63, 3.8) is 0 Å². The fourth-order valence-electron chi connectivity index (χ4n) is 6.39. The van der Waals surface area contributed by atoms with Crippen molar-refractivity contribution >= 4 is 23.0 Å². The number of carbonyl (C=O) groups excluding carboxylic acids is 1. The molecule has 0 bridgehead atoms. The number of rotatable bonds is 9.